The molecule has 0 N–H and O–H groups in total. The molecule has 0 aliphatic rings. The molecule has 0 spiro atoms. The fourth-order valence-corrected chi connectivity index (χ4v) is 8.19. The van der Waals surface area contributed by atoms with Gasteiger partial charge in [-0.25, -0.2) is 9.97 Å². The van der Waals surface area contributed by atoms with Gasteiger partial charge < -0.3 is 4.42 Å². The van der Waals surface area contributed by atoms with Gasteiger partial charge in [-0.05, 0) is 64.2 Å². The van der Waals surface area contributed by atoms with Crippen LogP contribution in [0.2, 0.25) is 0 Å². The Morgan fingerprint density at radius 3 is 1.80 bits per heavy atom. The van der Waals surface area contributed by atoms with Gasteiger partial charge in [0.2, 0.25) is 5.95 Å². The van der Waals surface area contributed by atoms with Gasteiger partial charge in [0.05, 0.1) is 22.2 Å². The summed E-state index contributed by atoms with van der Waals surface area (Å²) in [6, 6.07) is 66.2. The van der Waals surface area contributed by atoms with Crippen LogP contribution in [0.4, 0.5) is 0 Å². The lowest BCUT2D eigenvalue weighted by molar-refractivity contribution is 0.669. The number of nitrogens with zero attached hydrogens (tertiary/aromatic N) is 3. The van der Waals surface area contributed by atoms with E-state index >= 15 is 0 Å². The molecule has 0 amide bonds. The molecule has 0 saturated heterocycles. The maximum atomic E-state index is 6.23. The third kappa shape index (κ3) is 4.78. The van der Waals surface area contributed by atoms with Crippen molar-refractivity contribution in [2.24, 2.45) is 0 Å². The third-order valence-corrected chi connectivity index (χ3v) is 10.6. The zero-order valence-corrected chi connectivity index (χ0v) is 29.1. The number of hydrogen-bond donors (Lipinski definition) is 0. The predicted molar refractivity (Wildman–Crippen MR) is 223 cm³/mol. The molecule has 0 fully saturated rings. The van der Waals surface area contributed by atoms with Crippen LogP contribution in [0.5, 0.6) is 0 Å². The van der Waals surface area contributed by atoms with Crippen LogP contribution in [0.15, 0.2) is 192 Å². The number of fused-ring (bicyclic) bond motifs is 7. The maximum absolute atomic E-state index is 6.23. The zero-order valence-electron chi connectivity index (χ0n) is 29.1. The van der Waals surface area contributed by atoms with Crippen molar-refractivity contribution in [3.05, 3.63) is 188 Å². The highest BCUT2D eigenvalue weighted by molar-refractivity contribution is 6.14. The summed E-state index contributed by atoms with van der Waals surface area (Å²) >= 11 is 0. The van der Waals surface area contributed by atoms with E-state index in [4.69, 9.17) is 14.4 Å². The van der Waals surface area contributed by atoms with Gasteiger partial charge in [-0.15, -0.1) is 0 Å². The van der Waals surface area contributed by atoms with Gasteiger partial charge in [-0.3, -0.25) is 4.57 Å². The molecular formula is C50H31N3O. The molecule has 0 unspecified atom stereocenters. The Labute approximate surface area is 311 Å². The van der Waals surface area contributed by atoms with Gasteiger partial charge in [0.1, 0.15) is 11.2 Å². The zero-order chi connectivity index (χ0) is 35.6. The van der Waals surface area contributed by atoms with E-state index in [0.717, 1.165) is 99.3 Å². The minimum Gasteiger partial charge on any atom is -0.456 e. The summed E-state index contributed by atoms with van der Waals surface area (Å²) in [5, 5.41) is 5.63. The fraction of sp³-hybridized carbons (Fsp3) is 0. The van der Waals surface area contributed by atoms with E-state index in [2.05, 4.69) is 168 Å². The van der Waals surface area contributed by atoms with E-state index in [1.165, 1.54) is 0 Å². The van der Waals surface area contributed by atoms with Gasteiger partial charge in [0.15, 0.2) is 0 Å². The summed E-state index contributed by atoms with van der Waals surface area (Å²) in [7, 11) is 0. The molecule has 0 atom stereocenters. The molecule has 54 heavy (non-hydrogen) atoms. The molecule has 11 rings (SSSR count). The number of hydrogen-bond acceptors (Lipinski definition) is 3. The first-order valence-corrected chi connectivity index (χ1v) is 18.2. The Hall–Kier alpha value is -7.30. The lowest BCUT2D eigenvalue weighted by Crippen LogP contribution is -2.04. The lowest BCUT2D eigenvalue weighted by atomic mass is 9.94. The molecule has 11 aromatic rings. The first-order valence-electron chi connectivity index (χ1n) is 18.2. The van der Waals surface area contributed by atoms with E-state index in [9.17, 15) is 0 Å². The fourth-order valence-electron chi connectivity index (χ4n) is 8.19. The molecule has 4 heteroatoms. The van der Waals surface area contributed by atoms with Gasteiger partial charge in [-0.2, -0.15) is 0 Å². The molecule has 0 aliphatic carbocycles. The summed E-state index contributed by atoms with van der Waals surface area (Å²) in [5.41, 5.74) is 13.7. The monoisotopic (exact) mass is 689 g/mol. The standard InChI is InChI=1S/C50H31N3O/c1-2-14-32(15-3-1)48-41-21-4-7-26-43(41)51-50(52-48)53-44-27-8-5-20-39(44)40-25-12-24-38(49(40)53)36-19-11-17-34(31-36)33-16-10-18-35(30-33)37-23-13-29-46-47(37)42-22-6-9-28-45(42)54-46/h1-31H. The predicted octanol–water partition coefficient (Wildman–Crippen LogP) is 13.3. The second-order valence-electron chi connectivity index (χ2n) is 13.7. The van der Waals surface area contributed by atoms with Crippen LogP contribution < -0.4 is 0 Å². The Balaban J connectivity index is 1.10. The van der Waals surface area contributed by atoms with Crippen LogP contribution in [0.3, 0.4) is 0 Å². The molecule has 3 aromatic heterocycles. The number of para-hydroxylation sites is 4. The summed E-state index contributed by atoms with van der Waals surface area (Å²) in [5.74, 6) is 0.649. The average Bonchev–Trinajstić information content (AvgIpc) is 3.80. The Morgan fingerprint density at radius 2 is 0.963 bits per heavy atom. The van der Waals surface area contributed by atoms with Crippen LogP contribution in [0.25, 0.3) is 105 Å². The smallest absolute Gasteiger partial charge is 0.235 e. The van der Waals surface area contributed by atoms with Gasteiger partial charge in [0.25, 0.3) is 0 Å². The average molecular weight is 690 g/mol. The van der Waals surface area contributed by atoms with Crippen molar-refractivity contribution in [3.63, 3.8) is 0 Å². The third-order valence-electron chi connectivity index (χ3n) is 10.6. The Kier molecular flexibility index (Phi) is 6.82. The van der Waals surface area contributed by atoms with E-state index in [1.807, 2.05) is 24.3 Å². The SMILES string of the molecule is c1ccc(-c2nc(-n3c4ccccc4c4cccc(-c5cccc(-c6cccc(-c7cccc8oc9ccccc9c78)c6)c5)c43)nc3ccccc23)cc1. The molecule has 0 saturated carbocycles. The highest BCUT2D eigenvalue weighted by atomic mass is 16.3. The largest absolute Gasteiger partial charge is 0.456 e. The van der Waals surface area contributed by atoms with E-state index in [0.29, 0.717) is 5.95 Å². The van der Waals surface area contributed by atoms with Crippen molar-refractivity contribution in [1.29, 1.82) is 0 Å². The summed E-state index contributed by atoms with van der Waals surface area (Å²) in [4.78, 5) is 10.6. The first kappa shape index (κ1) is 30.3. The molecule has 0 bridgehead atoms. The minimum atomic E-state index is 0.649. The van der Waals surface area contributed by atoms with Crippen molar-refractivity contribution in [1.82, 2.24) is 14.5 Å². The van der Waals surface area contributed by atoms with E-state index in [-0.39, 0.29) is 0 Å². The topological polar surface area (TPSA) is 43.9 Å². The van der Waals surface area contributed by atoms with Crippen LogP contribution in [-0.4, -0.2) is 14.5 Å². The van der Waals surface area contributed by atoms with Gasteiger partial charge >= 0.3 is 0 Å². The first-order chi connectivity index (χ1) is 26.8. The summed E-state index contributed by atoms with van der Waals surface area (Å²) < 4.78 is 8.48. The normalized spacial score (nSPS) is 11.7. The van der Waals surface area contributed by atoms with Gasteiger partial charge in [-0.1, -0.05) is 152 Å². The Bertz CT molecular complexity index is 3230. The highest BCUT2D eigenvalue weighted by Gasteiger charge is 2.20. The molecule has 3 heterocycles. The second-order valence-corrected chi connectivity index (χ2v) is 13.7. The lowest BCUT2D eigenvalue weighted by Gasteiger charge is -2.14. The summed E-state index contributed by atoms with van der Waals surface area (Å²) in [6.45, 7) is 0. The summed E-state index contributed by atoms with van der Waals surface area (Å²) in [6.07, 6.45) is 0. The highest BCUT2D eigenvalue weighted by Crippen LogP contribution is 2.41. The molecule has 0 aliphatic heterocycles. The number of benzene rings is 8. The van der Waals surface area contributed by atoms with Crippen molar-refractivity contribution in [2.45, 2.75) is 0 Å². The quantitative estimate of drug-likeness (QED) is 0.181. The van der Waals surface area contributed by atoms with Crippen LogP contribution in [0, 0.1) is 0 Å². The molecule has 252 valence electrons. The molecular weight excluding hydrogens is 659 g/mol. The molecule has 8 aromatic carbocycles. The molecule has 4 nitrogen and oxygen atoms in total. The van der Waals surface area contributed by atoms with Crippen molar-refractivity contribution < 1.29 is 4.42 Å². The van der Waals surface area contributed by atoms with Crippen LogP contribution in [-0.2, 0) is 0 Å². The molecule has 0 radical (unpaired) electrons. The number of aromatic nitrogens is 3. The maximum Gasteiger partial charge on any atom is 0.235 e. The van der Waals surface area contributed by atoms with E-state index < -0.39 is 0 Å². The van der Waals surface area contributed by atoms with Crippen molar-refractivity contribution in [2.75, 3.05) is 0 Å². The second kappa shape index (κ2) is 12.1. The van der Waals surface area contributed by atoms with Gasteiger partial charge in [0, 0.05) is 38.1 Å². The number of rotatable bonds is 5. The number of furan rings is 1. The van der Waals surface area contributed by atoms with E-state index in [1.54, 1.807) is 0 Å². The van der Waals surface area contributed by atoms with Crippen molar-refractivity contribution >= 4 is 54.6 Å². The van der Waals surface area contributed by atoms with Crippen LogP contribution in [0.1, 0.15) is 0 Å². The van der Waals surface area contributed by atoms with Crippen molar-refractivity contribution in [3.8, 4) is 50.6 Å². The minimum absolute atomic E-state index is 0.649. The Morgan fingerprint density at radius 1 is 0.389 bits per heavy atom. The van der Waals surface area contributed by atoms with Crippen LogP contribution >= 0.6 is 0 Å².